The topological polar surface area (TPSA) is 75.7 Å². The molecule has 0 saturated carbocycles. The van der Waals surface area contributed by atoms with Crippen LogP contribution in [0.3, 0.4) is 0 Å². The Balaban J connectivity index is 2.33. The summed E-state index contributed by atoms with van der Waals surface area (Å²) in [7, 11) is -2.35. The van der Waals surface area contributed by atoms with Crippen LogP contribution in [0.1, 0.15) is 42.7 Å². The van der Waals surface area contributed by atoms with E-state index in [1.807, 2.05) is 31.2 Å². The number of methoxy groups -OCH3 is 1. The van der Waals surface area contributed by atoms with Gasteiger partial charge in [-0.1, -0.05) is 41.9 Å². The summed E-state index contributed by atoms with van der Waals surface area (Å²) in [6, 6.07) is 11.8. The summed E-state index contributed by atoms with van der Waals surface area (Å²) >= 11 is 3.39. The Morgan fingerprint density at radius 1 is 1.14 bits per heavy atom. The van der Waals surface area contributed by atoms with E-state index in [1.165, 1.54) is 23.5 Å². The van der Waals surface area contributed by atoms with Crippen molar-refractivity contribution in [3.8, 4) is 5.75 Å². The van der Waals surface area contributed by atoms with Crippen LogP contribution in [0, 0.1) is 0 Å². The average Bonchev–Trinajstić information content (AvgIpc) is 2.68. The van der Waals surface area contributed by atoms with Gasteiger partial charge in [0, 0.05) is 23.1 Å². The van der Waals surface area contributed by atoms with E-state index in [4.69, 9.17) is 4.74 Å². The van der Waals surface area contributed by atoms with Crippen molar-refractivity contribution in [1.82, 2.24) is 9.62 Å². The number of carbonyl (C=O) groups excluding carboxylic acids is 1. The minimum Gasteiger partial charge on any atom is -0.495 e. The van der Waals surface area contributed by atoms with Gasteiger partial charge in [-0.15, -0.1) is 0 Å². The predicted octanol–water partition coefficient (Wildman–Crippen LogP) is 3.98. The highest BCUT2D eigenvalue weighted by atomic mass is 79.9. The second kappa shape index (κ2) is 9.54. The van der Waals surface area contributed by atoms with E-state index in [2.05, 4.69) is 21.2 Å². The molecular formula is C20H25BrN2O4S. The summed E-state index contributed by atoms with van der Waals surface area (Å²) in [6.45, 7) is 6.07. The lowest BCUT2D eigenvalue weighted by Gasteiger charge is -2.21. The quantitative estimate of drug-likeness (QED) is 0.635. The Morgan fingerprint density at radius 3 is 2.29 bits per heavy atom. The molecule has 0 aromatic heterocycles. The van der Waals surface area contributed by atoms with Crippen LogP contribution >= 0.6 is 15.9 Å². The molecule has 1 amide bonds. The van der Waals surface area contributed by atoms with E-state index >= 15 is 0 Å². The van der Waals surface area contributed by atoms with Crippen molar-refractivity contribution in [2.45, 2.75) is 31.7 Å². The van der Waals surface area contributed by atoms with E-state index in [-0.39, 0.29) is 28.2 Å². The number of hydrogen-bond donors (Lipinski definition) is 1. The summed E-state index contributed by atoms with van der Waals surface area (Å²) in [5.74, 6) is -0.140. The van der Waals surface area contributed by atoms with Crippen LogP contribution in [0.2, 0.25) is 0 Å². The first-order chi connectivity index (χ1) is 13.2. The Bertz CT molecular complexity index is 926. The third-order valence-corrected chi connectivity index (χ3v) is 7.07. The van der Waals surface area contributed by atoms with Gasteiger partial charge in [0.15, 0.2) is 0 Å². The molecule has 152 valence electrons. The number of hydrogen-bond acceptors (Lipinski definition) is 4. The lowest BCUT2D eigenvalue weighted by atomic mass is 10.1. The lowest BCUT2D eigenvalue weighted by molar-refractivity contribution is 0.0939. The summed E-state index contributed by atoms with van der Waals surface area (Å²) in [5, 5.41) is 2.90. The molecule has 0 unspecified atom stereocenters. The van der Waals surface area contributed by atoms with E-state index in [9.17, 15) is 13.2 Å². The van der Waals surface area contributed by atoms with Crippen LogP contribution in [0.15, 0.2) is 51.8 Å². The molecule has 2 rings (SSSR count). The summed E-state index contributed by atoms with van der Waals surface area (Å²) < 4.78 is 33.4. The number of nitrogens with one attached hydrogen (secondary N) is 1. The molecule has 1 atom stereocenters. The zero-order valence-corrected chi connectivity index (χ0v) is 18.8. The van der Waals surface area contributed by atoms with Crippen molar-refractivity contribution >= 4 is 31.9 Å². The van der Waals surface area contributed by atoms with Crippen LogP contribution in [-0.2, 0) is 10.0 Å². The number of ether oxygens (including phenoxy) is 1. The van der Waals surface area contributed by atoms with Crippen molar-refractivity contribution in [3.63, 3.8) is 0 Å². The molecule has 0 aliphatic carbocycles. The van der Waals surface area contributed by atoms with Crippen molar-refractivity contribution < 1.29 is 17.9 Å². The number of sulfonamides is 1. The zero-order valence-electron chi connectivity index (χ0n) is 16.4. The molecule has 1 N–H and O–H groups in total. The summed E-state index contributed by atoms with van der Waals surface area (Å²) in [6.07, 6.45) is 0. The number of carbonyl (C=O) groups is 1. The molecule has 28 heavy (non-hydrogen) atoms. The molecule has 0 aliphatic rings. The molecular weight excluding hydrogens is 444 g/mol. The molecule has 8 heteroatoms. The highest BCUT2D eigenvalue weighted by molar-refractivity contribution is 9.10. The normalized spacial score (nSPS) is 12.6. The number of halogens is 1. The fourth-order valence-electron chi connectivity index (χ4n) is 2.84. The average molecular weight is 469 g/mol. The van der Waals surface area contributed by atoms with Gasteiger partial charge >= 0.3 is 0 Å². The molecule has 0 aliphatic heterocycles. The minimum absolute atomic E-state index is 0.0114. The summed E-state index contributed by atoms with van der Waals surface area (Å²) in [5.41, 5.74) is 1.21. The number of nitrogens with zero attached hydrogens (tertiary/aromatic N) is 1. The minimum atomic E-state index is -3.76. The van der Waals surface area contributed by atoms with Crippen molar-refractivity contribution in [1.29, 1.82) is 0 Å². The fraction of sp³-hybridized carbons (Fsp3) is 0.350. The van der Waals surface area contributed by atoms with Gasteiger partial charge in [0.1, 0.15) is 10.6 Å². The highest BCUT2D eigenvalue weighted by Gasteiger charge is 2.27. The SMILES string of the molecule is CCN(CC)S(=O)(=O)c1cc(C(=O)N[C@H](C)c2ccc(Br)cc2)ccc1OC. The third-order valence-electron chi connectivity index (χ3n) is 4.47. The molecule has 0 radical (unpaired) electrons. The van der Waals surface area contributed by atoms with E-state index in [1.54, 1.807) is 19.9 Å². The number of rotatable bonds is 8. The second-order valence-electron chi connectivity index (χ2n) is 6.20. The van der Waals surface area contributed by atoms with Gasteiger partial charge in [-0.2, -0.15) is 4.31 Å². The molecule has 2 aromatic carbocycles. The van der Waals surface area contributed by atoms with E-state index < -0.39 is 10.0 Å². The van der Waals surface area contributed by atoms with Crippen LogP contribution in [-0.4, -0.2) is 38.8 Å². The fourth-order valence-corrected chi connectivity index (χ4v) is 4.74. The van der Waals surface area contributed by atoms with Gasteiger partial charge in [-0.25, -0.2) is 8.42 Å². The van der Waals surface area contributed by atoms with Crippen molar-refractivity contribution in [3.05, 3.63) is 58.1 Å². The van der Waals surface area contributed by atoms with Gasteiger partial charge in [0.05, 0.1) is 13.2 Å². The standard InChI is InChI=1S/C20H25BrN2O4S/c1-5-23(6-2)28(25,26)19-13-16(9-12-18(19)27-4)20(24)22-14(3)15-7-10-17(21)11-8-15/h7-14H,5-6H2,1-4H3,(H,22,24)/t14-/m1/s1. The van der Waals surface area contributed by atoms with Gasteiger partial charge in [0.25, 0.3) is 5.91 Å². The van der Waals surface area contributed by atoms with Crippen LogP contribution in [0.25, 0.3) is 0 Å². The van der Waals surface area contributed by atoms with E-state index in [0.717, 1.165) is 10.0 Å². The Kier molecular flexibility index (Phi) is 7.63. The van der Waals surface area contributed by atoms with Crippen molar-refractivity contribution in [2.24, 2.45) is 0 Å². The predicted molar refractivity (Wildman–Crippen MR) is 113 cm³/mol. The molecule has 6 nitrogen and oxygen atoms in total. The molecule has 0 bridgehead atoms. The van der Waals surface area contributed by atoms with Crippen LogP contribution in [0.4, 0.5) is 0 Å². The first kappa shape index (κ1) is 22.4. The first-order valence-corrected chi connectivity index (χ1v) is 11.2. The van der Waals surface area contributed by atoms with Gasteiger partial charge in [-0.05, 0) is 42.8 Å². The van der Waals surface area contributed by atoms with Crippen LogP contribution in [0.5, 0.6) is 5.75 Å². The second-order valence-corrected chi connectivity index (χ2v) is 9.02. The summed E-state index contributed by atoms with van der Waals surface area (Å²) in [4.78, 5) is 12.7. The zero-order chi connectivity index (χ0) is 20.9. The molecule has 2 aromatic rings. The number of benzene rings is 2. The van der Waals surface area contributed by atoms with Crippen molar-refractivity contribution in [2.75, 3.05) is 20.2 Å². The largest absolute Gasteiger partial charge is 0.495 e. The Labute approximate surface area is 175 Å². The maximum Gasteiger partial charge on any atom is 0.251 e. The number of amides is 1. The maximum atomic E-state index is 12.9. The Hall–Kier alpha value is -1.90. The molecule has 0 saturated heterocycles. The van der Waals surface area contributed by atoms with E-state index in [0.29, 0.717) is 13.1 Å². The van der Waals surface area contributed by atoms with Gasteiger partial charge < -0.3 is 10.1 Å². The van der Waals surface area contributed by atoms with Crippen LogP contribution < -0.4 is 10.1 Å². The van der Waals surface area contributed by atoms with Gasteiger partial charge in [-0.3, -0.25) is 4.79 Å². The first-order valence-electron chi connectivity index (χ1n) is 8.99. The lowest BCUT2D eigenvalue weighted by Crippen LogP contribution is -2.31. The molecule has 0 fully saturated rings. The highest BCUT2D eigenvalue weighted by Crippen LogP contribution is 2.28. The molecule has 0 heterocycles. The van der Waals surface area contributed by atoms with Gasteiger partial charge in [0.2, 0.25) is 10.0 Å². The monoisotopic (exact) mass is 468 g/mol. The molecule has 0 spiro atoms. The Morgan fingerprint density at radius 2 is 1.75 bits per heavy atom. The maximum absolute atomic E-state index is 12.9. The third kappa shape index (κ3) is 4.92. The smallest absolute Gasteiger partial charge is 0.251 e.